The maximum Gasteiger partial charge on any atom is 0.323 e. The monoisotopic (exact) mass is 347 g/mol. The third-order valence-corrected chi connectivity index (χ3v) is 3.79. The van der Waals surface area contributed by atoms with Gasteiger partial charge in [0.1, 0.15) is 11.3 Å². The van der Waals surface area contributed by atoms with Crippen molar-refractivity contribution in [3.05, 3.63) is 78.6 Å². The molecule has 2 amide bonds. The minimum Gasteiger partial charge on any atom is -0.436 e. The highest BCUT2D eigenvalue weighted by molar-refractivity contribution is 5.99. The Bertz CT molecular complexity index is 1020. The first-order valence-corrected chi connectivity index (χ1v) is 7.97. The van der Waals surface area contributed by atoms with E-state index >= 15 is 0 Å². The summed E-state index contributed by atoms with van der Waals surface area (Å²) in [4.78, 5) is 16.4. The summed E-state index contributed by atoms with van der Waals surface area (Å²) in [7, 11) is 0. The topological polar surface area (TPSA) is 67.2 Å². The minimum atomic E-state index is -0.411. The van der Waals surface area contributed by atoms with E-state index < -0.39 is 6.03 Å². The first kappa shape index (κ1) is 15.8. The molecule has 0 saturated carbocycles. The number of fused-ring (bicyclic) bond motifs is 1. The van der Waals surface area contributed by atoms with E-state index in [2.05, 4.69) is 15.6 Å². The van der Waals surface area contributed by atoms with Gasteiger partial charge >= 0.3 is 6.03 Å². The lowest BCUT2D eigenvalue weighted by Gasteiger charge is -2.08. The van der Waals surface area contributed by atoms with Crippen molar-refractivity contribution in [1.82, 2.24) is 4.98 Å². The Kier molecular flexibility index (Phi) is 4.07. The fraction of sp³-hybridized carbons (Fsp3) is 0. The van der Waals surface area contributed by atoms with Crippen LogP contribution >= 0.6 is 0 Å². The van der Waals surface area contributed by atoms with Crippen molar-refractivity contribution in [2.75, 3.05) is 10.6 Å². The molecule has 6 heteroatoms. The Balaban J connectivity index is 1.45. The number of nitrogens with zero attached hydrogens (tertiary/aromatic N) is 1. The standard InChI is InChI=1S/C20H14FN3O2/c21-14-7-11-16(12-8-14)23-20(25)22-15-9-5-13(6-10-15)19-24-17-3-1-2-4-18(17)26-19/h1-12H,(H2,22,23,25). The van der Waals surface area contributed by atoms with E-state index in [4.69, 9.17) is 4.42 Å². The number of para-hydroxylation sites is 2. The third-order valence-electron chi connectivity index (χ3n) is 3.79. The number of rotatable bonds is 3. The smallest absolute Gasteiger partial charge is 0.323 e. The van der Waals surface area contributed by atoms with Crippen molar-refractivity contribution in [2.45, 2.75) is 0 Å². The Morgan fingerprint density at radius 2 is 1.46 bits per heavy atom. The number of halogens is 1. The van der Waals surface area contributed by atoms with Gasteiger partial charge in [-0.25, -0.2) is 14.2 Å². The Hall–Kier alpha value is -3.67. The molecule has 0 aliphatic rings. The second-order valence-electron chi connectivity index (χ2n) is 5.65. The molecule has 128 valence electrons. The summed E-state index contributed by atoms with van der Waals surface area (Å²) in [6.45, 7) is 0. The fourth-order valence-electron chi connectivity index (χ4n) is 2.52. The zero-order valence-electron chi connectivity index (χ0n) is 13.6. The van der Waals surface area contributed by atoms with Gasteiger partial charge in [-0.15, -0.1) is 0 Å². The normalized spacial score (nSPS) is 10.7. The fourth-order valence-corrected chi connectivity index (χ4v) is 2.52. The maximum atomic E-state index is 12.9. The van der Waals surface area contributed by atoms with Crippen LogP contribution in [-0.4, -0.2) is 11.0 Å². The lowest BCUT2D eigenvalue weighted by atomic mass is 10.2. The number of hydrogen-bond acceptors (Lipinski definition) is 3. The van der Waals surface area contributed by atoms with Gasteiger partial charge in [-0.3, -0.25) is 0 Å². The molecule has 4 aromatic rings. The lowest BCUT2D eigenvalue weighted by molar-refractivity contribution is 0.262. The summed E-state index contributed by atoms with van der Waals surface area (Å²) < 4.78 is 18.6. The van der Waals surface area contributed by atoms with Crippen molar-refractivity contribution < 1.29 is 13.6 Å². The molecule has 4 rings (SSSR count). The van der Waals surface area contributed by atoms with Crippen molar-refractivity contribution in [1.29, 1.82) is 0 Å². The van der Waals surface area contributed by atoms with Crippen molar-refractivity contribution in [3.8, 4) is 11.5 Å². The molecule has 1 aromatic heterocycles. The Labute approximate surface area is 148 Å². The highest BCUT2D eigenvalue weighted by Gasteiger charge is 2.08. The molecule has 0 saturated heterocycles. The van der Waals surface area contributed by atoms with Crippen molar-refractivity contribution >= 4 is 28.5 Å². The van der Waals surface area contributed by atoms with Crippen LogP contribution in [-0.2, 0) is 0 Å². The largest absolute Gasteiger partial charge is 0.436 e. The first-order chi connectivity index (χ1) is 12.7. The van der Waals surface area contributed by atoms with Crippen LogP contribution in [0.1, 0.15) is 0 Å². The number of carbonyl (C=O) groups is 1. The van der Waals surface area contributed by atoms with Gasteiger partial charge in [0, 0.05) is 16.9 Å². The predicted molar refractivity (Wildman–Crippen MR) is 98.5 cm³/mol. The molecule has 0 unspecified atom stereocenters. The Morgan fingerprint density at radius 3 is 2.12 bits per heavy atom. The van der Waals surface area contributed by atoms with Gasteiger partial charge < -0.3 is 15.1 Å². The van der Waals surface area contributed by atoms with Gasteiger partial charge in [-0.2, -0.15) is 0 Å². The molecule has 1 heterocycles. The quantitative estimate of drug-likeness (QED) is 0.530. The number of oxazole rings is 1. The van der Waals surface area contributed by atoms with Crippen LogP contribution in [0.3, 0.4) is 0 Å². The summed E-state index contributed by atoms with van der Waals surface area (Å²) in [5.74, 6) is 0.166. The molecule has 0 fully saturated rings. The van der Waals surface area contributed by atoms with E-state index in [9.17, 15) is 9.18 Å². The summed E-state index contributed by atoms with van der Waals surface area (Å²) >= 11 is 0. The molecule has 0 spiro atoms. The summed E-state index contributed by atoms with van der Waals surface area (Å²) in [6, 6.07) is 19.8. The van der Waals surface area contributed by atoms with E-state index in [0.717, 1.165) is 16.7 Å². The number of anilines is 2. The zero-order chi connectivity index (χ0) is 17.9. The maximum absolute atomic E-state index is 12.9. The number of carbonyl (C=O) groups excluding carboxylic acids is 1. The molecule has 26 heavy (non-hydrogen) atoms. The lowest BCUT2D eigenvalue weighted by Crippen LogP contribution is -2.19. The van der Waals surface area contributed by atoms with Gasteiger partial charge in [-0.1, -0.05) is 12.1 Å². The van der Waals surface area contributed by atoms with E-state index in [-0.39, 0.29) is 5.82 Å². The van der Waals surface area contributed by atoms with Crippen LogP contribution in [0.5, 0.6) is 0 Å². The molecule has 0 bridgehead atoms. The molecule has 0 aliphatic carbocycles. The number of amides is 2. The highest BCUT2D eigenvalue weighted by Crippen LogP contribution is 2.25. The van der Waals surface area contributed by atoms with Gasteiger partial charge in [-0.05, 0) is 60.7 Å². The van der Waals surface area contributed by atoms with Crippen LogP contribution in [0.2, 0.25) is 0 Å². The van der Waals surface area contributed by atoms with Crippen LogP contribution < -0.4 is 10.6 Å². The molecule has 3 aromatic carbocycles. The van der Waals surface area contributed by atoms with Gasteiger partial charge in [0.2, 0.25) is 5.89 Å². The molecular weight excluding hydrogens is 333 g/mol. The van der Waals surface area contributed by atoms with E-state index in [1.54, 1.807) is 12.1 Å². The number of hydrogen-bond donors (Lipinski definition) is 2. The Morgan fingerprint density at radius 1 is 0.846 bits per heavy atom. The van der Waals surface area contributed by atoms with E-state index in [1.165, 1.54) is 24.3 Å². The molecule has 0 aliphatic heterocycles. The number of benzene rings is 3. The summed E-state index contributed by atoms with van der Waals surface area (Å²) in [5, 5.41) is 5.35. The van der Waals surface area contributed by atoms with Crippen molar-refractivity contribution in [3.63, 3.8) is 0 Å². The number of urea groups is 1. The summed E-state index contributed by atoms with van der Waals surface area (Å²) in [5.41, 5.74) is 3.45. The van der Waals surface area contributed by atoms with Gasteiger partial charge in [0.25, 0.3) is 0 Å². The predicted octanol–water partition coefficient (Wildman–Crippen LogP) is 5.28. The molecular formula is C20H14FN3O2. The second kappa shape index (κ2) is 6.68. The van der Waals surface area contributed by atoms with Crippen LogP contribution in [0.15, 0.2) is 77.2 Å². The van der Waals surface area contributed by atoms with E-state index in [0.29, 0.717) is 17.3 Å². The van der Waals surface area contributed by atoms with Crippen LogP contribution in [0.4, 0.5) is 20.6 Å². The SMILES string of the molecule is O=C(Nc1ccc(F)cc1)Nc1ccc(-c2nc3ccccc3o2)cc1. The molecule has 5 nitrogen and oxygen atoms in total. The zero-order valence-corrected chi connectivity index (χ0v) is 13.6. The van der Waals surface area contributed by atoms with Gasteiger partial charge in [0.05, 0.1) is 0 Å². The second-order valence-corrected chi connectivity index (χ2v) is 5.65. The highest BCUT2D eigenvalue weighted by atomic mass is 19.1. The summed E-state index contributed by atoms with van der Waals surface area (Å²) in [6.07, 6.45) is 0. The minimum absolute atomic E-state index is 0.356. The molecule has 0 atom stereocenters. The van der Waals surface area contributed by atoms with Gasteiger partial charge in [0.15, 0.2) is 5.58 Å². The number of aromatic nitrogens is 1. The molecule has 0 radical (unpaired) electrons. The third kappa shape index (κ3) is 3.39. The number of nitrogens with one attached hydrogen (secondary N) is 2. The average molecular weight is 347 g/mol. The van der Waals surface area contributed by atoms with Crippen LogP contribution in [0, 0.1) is 5.82 Å². The first-order valence-electron chi connectivity index (χ1n) is 7.97. The van der Waals surface area contributed by atoms with E-state index in [1.807, 2.05) is 36.4 Å². The molecule has 2 N–H and O–H groups in total. The van der Waals surface area contributed by atoms with Crippen molar-refractivity contribution in [2.24, 2.45) is 0 Å². The average Bonchev–Trinajstić information content (AvgIpc) is 3.08. The van der Waals surface area contributed by atoms with Crippen LogP contribution in [0.25, 0.3) is 22.6 Å².